The van der Waals surface area contributed by atoms with Crippen LogP contribution in [0.4, 0.5) is 5.13 Å². The summed E-state index contributed by atoms with van der Waals surface area (Å²) in [4.78, 5) is 17.5. The molecule has 0 atom stereocenters. The normalized spacial score (nSPS) is 10.9. The predicted octanol–water partition coefficient (Wildman–Crippen LogP) is 4.96. The number of carbonyl (C=O) groups excluding carboxylic acids is 1. The molecule has 1 aromatic heterocycles. The fourth-order valence-corrected chi connectivity index (χ4v) is 4.41. The van der Waals surface area contributed by atoms with Crippen LogP contribution in [0.2, 0.25) is 0 Å². The molecule has 4 aromatic rings. The molecule has 0 aliphatic carbocycles. The third kappa shape index (κ3) is 4.96. The fraction of sp³-hybridized carbons (Fsp3) is 0.200. The number of anilines is 1. The minimum atomic E-state index is -0.192. The summed E-state index contributed by atoms with van der Waals surface area (Å²) >= 11 is 1.45. The van der Waals surface area contributed by atoms with Crippen LogP contribution in [0.5, 0.6) is 5.75 Å². The van der Waals surface area contributed by atoms with Gasteiger partial charge >= 0.3 is 0 Å². The number of fused-ring (bicyclic) bond motifs is 1. The molecule has 0 radical (unpaired) electrons. The van der Waals surface area contributed by atoms with E-state index in [9.17, 15) is 4.79 Å². The molecule has 3 aromatic carbocycles. The minimum Gasteiger partial charge on any atom is -0.494 e. The van der Waals surface area contributed by atoms with Gasteiger partial charge in [0.15, 0.2) is 5.13 Å². The molecule has 7 heteroatoms. The molecule has 6 nitrogen and oxygen atoms in total. The first-order valence-electron chi connectivity index (χ1n) is 10.3. The molecule has 0 saturated heterocycles. The number of nitrogens with zero attached hydrogens (tertiary/aromatic N) is 1. The monoisotopic (exact) mass is 447 g/mol. The maximum absolute atomic E-state index is 12.8. The van der Waals surface area contributed by atoms with Crippen LogP contribution in [0, 0.1) is 0 Å². The zero-order valence-corrected chi connectivity index (χ0v) is 18.9. The van der Waals surface area contributed by atoms with E-state index in [2.05, 4.69) is 27.8 Å². The number of amides is 1. The number of nitrogens with one attached hydrogen (secondary N) is 2. The molecule has 2 N–H and O–H groups in total. The summed E-state index contributed by atoms with van der Waals surface area (Å²) in [6, 6.07) is 21.6. The highest BCUT2D eigenvalue weighted by Gasteiger charge is 2.16. The molecule has 0 fully saturated rings. The van der Waals surface area contributed by atoms with Crippen LogP contribution in [0.25, 0.3) is 21.3 Å². The van der Waals surface area contributed by atoms with Crippen LogP contribution in [0.1, 0.15) is 15.9 Å². The molecule has 0 unspecified atom stereocenters. The Balaban J connectivity index is 1.53. The van der Waals surface area contributed by atoms with E-state index in [0.29, 0.717) is 23.1 Å². The van der Waals surface area contributed by atoms with E-state index in [0.717, 1.165) is 40.0 Å². The minimum absolute atomic E-state index is 0.192. The number of hydrogen-bond donors (Lipinski definition) is 2. The highest BCUT2D eigenvalue weighted by Crippen LogP contribution is 2.39. The molecule has 1 amide bonds. The second-order valence-corrected chi connectivity index (χ2v) is 8.20. The lowest BCUT2D eigenvalue weighted by molar-refractivity contribution is 0.102. The van der Waals surface area contributed by atoms with Crippen molar-refractivity contribution in [3.05, 3.63) is 77.9 Å². The Morgan fingerprint density at radius 2 is 1.78 bits per heavy atom. The maximum Gasteiger partial charge on any atom is 0.257 e. The number of ether oxygens (including phenoxy) is 2. The molecule has 0 bridgehead atoms. The number of carbonyl (C=O) groups is 1. The van der Waals surface area contributed by atoms with Gasteiger partial charge in [0, 0.05) is 31.3 Å². The first kappa shape index (κ1) is 22.0. The Hall–Kier alpha value is -3.26. The Morgan fingerprint density at radius 1 is 1.00 bits per heavy atom. The van der Waals surface area contributed by atoms with Crippen molar-refractivity contribution in [1.82, 2.24) is 10.3 Å². The standard InChI is InChI=1S/C25H25N3O3S/c1-30-15-14-26-16-17-8-10-19(11-9-17)24(29)28-25-27-22-21(31-2)13-12-20(23(22)32-25)18-6-4-3-5-7-18/h3-13,26H,14-16H2,1-2H3,(H,27,28,29). The zero-order valence-electron chi connectivity index (χ0n) is 18.1. The number of hydrogen-bond acceptors (Lipinski definition) is 6. The van der Waals surface area contributed by atoms with Gasteiger partial charge in [0.05, 0.1) is 18.4 Å². The summed E-state index contributed by atoms with van der Waals surface area (Å²) in [5.41, 5.74) is 4.59. The highest BCUT2D eigenvalue weighted by molar-refractivity contribution is 7.23. The van der Waals surface area contributed by atoms with Crippen molar-refractivity contribution in [2.24, 2.45) is 0 Å². The van der Waals surface area contributed by atoms with Crippen LogP contribution in [0.15, 0.2) is 66.7 Å². The number of rotatable bonds is 9. The molecule has 0 aliphatic heterocycles. The van der Waals surface area contributed by atoms with Crippen LogP contribution in [0.3, 0.4) is 0 Å². The summed E-state index contributed by atoms with van der Waals surface area (Å²) in [6.45, 7) is 2.18. The van der Waals surface area contributed by atoms with Gasteiger partial charge in [0.25, 0.3) is 5.91 Å². The zero-order chi connectivity index (χ0) is 22.3. The molecule has 0 spiro atoms. The number of aromatic nitrogens is 1. The Kier molecular flexibility index (Phi) is 7.11. The third-order valence-corrected chi connectivity index (χ3v) is 6.06. The summed E-state index contributed by atoms with van der Waals surface area (Å²) in [5, 5.41) is 6.77. The summed E-state index contributed by atoms with van der Waals surface area (Å²) in [6.07, 6.45) is 0. The largest absolute Gasteiger partial charge is 0.494 e. The number of methoxy groups -OCH3 is 2. The SMILES string of the molecule is COCCNCc1ccc(C(=O)Nc2nc3c(OC)ccc(-c4ccccc4)c3s2)cc1. The van der Waals surface area contributed by atoms with Gasteiger partial charge in [-0.2, -0.15) is 0 Å². The van der Waals surface area contributed by atoms with E-state index >= 15 is 0 Å². The lowest BCUT2D eigenvalue weighted by Crippen LogP contribution is -2.18. The van der Waals surface area contributed by atoms with Gasteiger partial charge in [0.2, 0.25) is 0 Å². The molecule has 0 saturated carbocycles. The van der Waals surface area contributed by atoms with Crippen LogP contribution in [-0.4, -0.2) is 38.3 Å². The molecule has 164 valence electrons. The van der Waals surface area contributed by atoms with E-state index in [4.69, 9.17) is 9.47 Å². The highest BCUT2D eigenvalue weighted by atomic mass is 32.1. The van der Waals surface area contributed by atoms with Gasteiger partial charge in [-0.05, 0) is 35.4 Å². The summed E-state index contributed by atoms with van der Waals surface area (Å²) in [5.74, 6) is 0.491. The summed E-state index contributed by atoms with van der Waals surface area (Å²) < 4.78 is 11.5. The van der Waals surface area contributed by atoms with Crippen LogP contribution < -0.4 is 15.4 Å². The van der Waals surface area contributed by atoms with E-state index in [-0.39, 0.29) is 5.91 Å². The first-order chi connectivity index (χ1) is 15.7. The van der Waals surface area contributed by atoms with Crippen molar-refractivity contribution in [1.29, 1.82) is 0 Å². The summed E-state index contributed by atoms with van der Waals surface area (Å²) in [7, 11) is 3.30. The topological polar surface area (TPSA) is 72.5 Å². The average Bonchev–Trinajstić information content (AvgIpc) is 3.25. The number of benzene rings is 3. The second kappa shape index (κ2) is 10.4. The number of thiazole rings is 1. The van der Waals surface area contributed by atoms with Crippen LogP contribution in [-0.2, 0) is 11.3 Å². The van der Waals surface area contributed by atoms with E-state index in [1.807, 2.05) is 54.6 Å². The van der Waals surface area contributed by atoms with Crippen molar-refractivity contribution in [2.75, 3.05) is 32.7 Å². The van der Waals surface area contributed by atoms with Crippen molar-refractivity contribution < 1.29 is 14.3 Å². The van der Waals surface area contributed by atoms with E-state index in [1.54, 1.807) is 14.2 Å². The molecular formula is C25H25N3O3S. The second-order valence-electron chi connectivity index (χ2n) is 7.20. The van der Waals surface area contributed by atoms with Gasteiger partial charge in [-0.1, -0.05) is 53.8 Å². The van der Waals surface area contributed by atoms with Crippen molar-refractivity contribution in [2.45, 2.75) is 6.54 Å². The third-order valence-electron chi connectivity index (χ3n) is 5.06. The smallest absolute Gasteiger partial charge is 0.257 e. The fourth-order valence-electron chi connectivity index (χ4n) is 3.40. The maximum atomic E-state index is 12.8. The van der Waals surface area contributed by atoms with Gasteiger partial charge in [-0.3, -0.25) is 10.1 Å². The van der Waals surface area contributed by atoms with Gasteiger partial charge < -0.3 is 14.8 Å². The van der Waals surface area contributed by atoms with Crippen molar-refractivity contribution in [3.8, 4) is 16.9 Å². The lowest BCUT2D eigenvalue weighted by Gasteiger charge is -2.06. The van der Waals surface area contributed by atoms with Gasteiger partial charge in [-0.25, -0.2) is 4.98 Å². The van der Waals surface area contributed by atoms with E-state index < -0.39 is 0 Å². The first-order valence-corrected chi connectivity index (χ1v) is 11.1. The lowest BCUT2D eigenvalue weighted by atomic mass is 10.1. The van der Waals surface area contributed by atoms with E-state index in [1.165, 1.54) is 11.3 Å². The molecule has 0 aliphatic rings. The quantitative estimate of drug-likeness (QED) is 0.355. The van der Waals surface area contributed by atoms with Crippen molar-refractivity contribution in [3.63, 3.8) is 0 Å². The predicted molar refractivity (Wildman–Crippen MR) is 130 cm³/mol. The van der Waals surface area contributed by atoms with Crippen molar-refractivity contribution >= 4 is 32.6 Å². The van der Waals surface area contributed by atoms with Gasteiger partial charge in [0.1, 0.15) is 11.3 Å². The molecular weight excluding hydrogens is 422 g/mol. The Labute approximate surface area is 191 Å². The van der Waals surface area contributed by atoms with Crippen LogP contribution >= 0.6 is 11.3 Å². The Morgan fingerprint density at radius 3 is 2.50 bits per heavy atom. The van der Waals surface area contributed by atoms with Gasteiger partial charge in [-0.15, -0.1) is 0 Å². The average molecular weight is 448 g/mol. The molecule has 4 rings (SSSR count). The Bertz CT molecular complexity index is 1190. The molecule has 32 heavy (non-hydrogen) atoms. The molecule has 1 heterocycles.